The fourth-order valence-electron chi connectivity index (χ4n) is 7.14. The van der Waals surface area contributed by atoms with Crippen LogP contribution in [0.25, 0.3) is 6.08 Å². The number of nitrogens with zero attached hydrogens (tertiary/aromatic N) is 1. The van der Waals surface area contributed by atoms with E-state index in [1.54, 1.807) is 34.6 Å². The summed E-state index contributed by atoms with van der Waals surface area (Å²) in [6, 6.07) is 6.55. The van der Waals surface area contributed by atoms with Crippen molar-refractivity contribution < 1.29 is 22.7 Å². The van der Waals surface area contributed by atoms with Gasteiger partial charge in [0.1, 0.15) is 0 Å². The van der Waals surface area contributed by atoms with Crippen molar-refractivity contribution in [2.75, 3.05) is 19.7 Å². The molecule has 1 heterocycles. The Morgan fingerprint density at radius 2 is 1.47 bits per heavy atom. The summed E-state index contributed by atoms with van der Waals surface area (Å²) in [6.07, 6.45) is 13.6. The first-order valence-corrected chi connectivity index (χ1v) is 14.3. The molecule has 1 saturated heterocycles. The van der Waals surface area contributed by atoms with Gasteiger partial charge in [-0.1, -0.05) is 25.0 Å². The Kier molecular flexibility index (Phi) is 6.68. The quantitative estimate of drug-likeness (QED) is 0.417. The summed E-state index contributed by atoms with van der Waals surface area (Å²) in [4.78, 5) is 25.5. The van der Waals surface area contributed by atoms with Crippen LogP contribution in [0.5, 0.6) is 0 Å². The molecule has 0 atom stereocenters. The van der Waals surface area contributed by atoms with Gasteiger partial charge in [0, 0.05) is 24.6 Å². The van der Waals surface area contributed by atoms with E-state index in [0.29, 0.717) is 36.4 Å². The number of hydrogen-bond acceptors (Lipinski definition) is 5. The van der Waals surface area contributed by atoms with E-state index < -0.39 is 16.0 Å². The van der Waals surface area contributed by atoms with Crippen molar-refractivity contribution in [1.82, 2.24) is 4.31 Å². The molecule has 0 unspecified atom stereocenters. The van der Waals surface area contributed by atoms with Crippen LogP contribution in [0.1, 0.15) is 69.8 Å². The molecule has 4 bridgehead atoms. The van der Waals surface area contributed by atoms with Crippen LogP contribution in [0.3, 0.4) is 0 Å². The van der Waals surface area contributed by atoms with Crippen LogP contribution in [-0.4, -0.2) is 44.2 Å². The summed E-state index contributed by atoms with van der Waals surface area (Å²) < 4.78 is 32.7. The third-order valence-corrected chi connectivity index (χ3v) is 10.4. The first kappa shape index (κ1) is 23.7. The highest BCUT2D eigenvalue weighted by atomic mass is 32.2. The summed E-state index contributed by atoms with van der Waals surface area (Å²) in [5.74, 6) is 1.58. The number of esters is 1. The molecular formula is C27H35NO5S. The number of ether oxygens (including phenoxy) is 1. The van der Waals surface area contributed by atoms with Crippen LogP contribution in [0.4, 0.5) is 0 Å². The standard InChI is InChI=1S/C27H35NO5S/c29-25(27-16-21-13-22(17-27)15-23(14-21)18-27)19-33-26(30)10-7-20-5-8-24(9-6-20)34(31,32)28-11-3-1-2-4-12-28/h5-10,21-23H,1-4,11-19H2. The molecule has 1 aromatic rings. The Morgan fingerprint density at radius 3 is 2.03 bits per heavy atom. The lowest BCUT2D eigenvalue weighted by Crippen LogP contribution is -2.51. The molecule has 4 aliphatic carbocycles. The number of hydrogen-bond donors (Lipinski definition) is 0. The fraction of sp³-hybridized carbons (Fsp3) is 0.630. The SMILES string of the molecule is O=C(C=Cc1ccc(S(=O)(=O)N2CCCCCC2)cc1)OCC(=O)C12CC3CC(CC(C3)C1)C2. The van der Waals surface area contributed by atoms with Gasteiger partial charge in [-0.2, -0.15) is 4.31 Å². The monoisotopic (exact) mass is 485 g/mol. The Morgan fingerprint density at radius 1 is 0.912 bits per heavy atom. The second-order valence-corrected chi connectivity index (χ2v) is 12.9. The van der Waals surface area contributed by atoms with Gasteiger partial charge in [0.25, 0.3) is 0 Å². The molecular weight excluding hydrogens is 450 g/mol. The zero-order valence-corrected chi connectivity index (χ0v) is 20.6. The van der Waals surface area contributed by atoms with Crippen molar-refractivity contribution in [2.45, 2.75) is 69.1 Å². The fourth-order valence-corrected chi connectivity index (χ4v) is 8.65. The predicted octanol–water partition coefficient (Wildman–Crippen LogP) is 4.59. The largest absolute Gasteiger partial charge is 0.455 e. The van der Waals surface area contributed by atoms with Crippen molar-refractivity contribution in [3.05, 3.63) is 35.9 Å². The van der Waals surface area contributed by atoms with Crippen LogP contribution < -0.4 is 0 Å². The Bertz CT molecular complexity index is 1020. The molecule has 0 amide bonds. The molecule has 34 heavy (non-hydrogen) atoms. The van der Waals surface area contributed by atoms with Crippen molar-refractivity contribution in [2.24, 2.45) is 23.2 Å². The highest BCUT2D eigenvalue weighted by Crippen LogP contribution is 2.60. The third kappa shape index (κ3) is 4.87. The van der Waals surface area contributed by atoms with Gasteiger partial charge < -0.3 is 4.74 Å². The van der Waals surface area contributed by atoms with Gasteiger partial charge in [-0.15, -0.1) is 0 Å². The second-order valence-electron chi connectivity index (χ2n) is 10.9. The normalized spacial score (nSPS) is 31.5. The summed E-state index contributed by atoms with van der Waals surface area (Å²) >= 11 is 0. The van der Waals surface area contributed by atoms with E-state index in [0.717, 1.165) is 44.9 Å². The van der Waals surface area contributed by atoms with E-state index >= 15 is 0 Å². The first-order chi connectivity index (χ1) is 16.3. The summed E-state index contributed by atoms with van der Waals surface area (Å²) in [6.45, 7) is 0.984. The van der Waals surface area contributed by atoms with Crippen molar-refractivity contribution in [1.29, 1.82) is 0 Å². The average Bonchev–Trinajstić information content (AvgIpc) is 3.11. The highest BCUT2D eigenvalue weighted by molar-refractivity contribution is 7.89. The molecule has 4 saturated carbocycles. The third-order valence-electron chi connectivity index (χ3n) is 8.47. The molecule has 0 N–H and O–H groups in total. The molecule has 6 nitrogen and oxygen atoms in total. The molecule has 0 spiro atoms. The minimum Gasteiger partial charge on any atom is -0.455 e. The molecule has 1 aromatic carbocycles. The maximum Gasteiger partial charge on any atom is 0.331 e. The lowest BCUT2D eigenvalue weighted by atomic mass is 9.48. The number of carbonyl (C=O) groups excluding carboxylic acids is 2. The smallest absolute Gasteiger partial charge is 0.331 e. The highest BCUT2D eigenvalue weighted by Gasteiger charge is 2.54. The van der Waals surface area contributed by atoms with Gasteiger partial charge in [0.05, 0.1) is 4.90 Å². The van der Waals surface area contributed by atoms with Crippen LogP contribution in [0.2, 0.25) is 0 Å². The maximum absolute atomic E-state index is 13.0. The zero-order chi connectivity index (χ0) is 23.8. The van der Waals surface area contributed by atoms with Crippen LogP contribution in [-0.2, 0) is 24.3 Å². The molecule has 7 heteroatoms. The van der Waals surface area contributed by atoms with Crippen LogP contribution in [0.15, 0.2) is 35.2 Å². The Balaban J connectivity index is 1.15. The van der Waals surface area contributed by atoms with Gasteiger partial charge in [0.2, 0.25) is 10.0 Å². The summed E-state index contributed by atoms with van der Waals surface area (Å²) in [5, 5.41) is 0. The minimum atomic E-state index is -3.49. The lowest BCUT2D eigenvalue weighted by molar-refractivity contribution is -0.155. The Labute approximate surface area is 202 Å². The summed E-state index contributed by atoms with van der Waals surface area (Å²) in [5.41, 5.74) is 0.451. The van der Waals surface area contributed by atoms with E-state index in [4.69, 9.17) is 4.74 Å². The summed E-state index contributed by atoms with van der Waals surface area (Å²) in [7, 11) is -3.49. The van der Waals surface area contributed by atoms with Crippen LogP contribution in [0, 0.1) is 23.2 Å². The number of sulfonamides is 1. The van der Waals surface area contributed by atoms with Gasteiger partial charge in [0.15, 0.2) is 12.4 Å². The van der Waals surface area contributed by atoms with Gasteiger partial charge >= 0.3 is 5.97 Å². The molecule has 6 rings (SSSR count). The molecule has 5 fully saturated rings. The minimum absolute atomic E-state index is 0.0939. The van der Waals surface area contributed by atoms with Crippen LogP contribution >= 0.6 is 0 Å². The van der Waals surface area contributed by atoms with E-state index in [1.807, 2.05) is 0 Å². The van der Waals surface area contributed by atoms with E-state index in [-0.39, 0.29) is 22.7 Å². The average molecular weight is 486 g/mol. The van der Waals surface area contributed by atoms with E-state index in [1.165, 1.54) is 25.3 Å². The number of rotatable bonds is 7. The molecule has 1 aliphatic heterocycles. The number of Topliss-reactive ketones (excluding diaryl/α,β-unsaturated/α-hetero) is 1. The molecule has 0 radical (unpaired) electrons. The van der Waals surface area contributed by atoms with Gasteiger partial charge in [-0.05, 0) is 92.9 Å². The van der Waals surface area contributed by atoms with Crippen molar-refractivity contribution in [3.8, 4) is 0 Å². The van der Waals surface area contributed by atoms with E-state index in [2.05, 4.69) is 0 Å². The van der Waals surface area contributed by atoms with Gasteiger partial charge in [-0.3, -0.25) is 4.79 Å². The topological polar surface area (TPSA) is 80.8 Å². The van der Waals surface area contributed by atoms with Gasteiger partial charge in [-0.25, -0.2) is 13.2 Å². The van der Waals surface area contributed by atoms with Crippen molar-refractivity contribution >= 4 is 27.9 Å². The predicted molar refractivity (Wildman–Crippen MR) is 129 cm³/mol. The lowest BCUT2D eigenvalue weighted by Gasteiger charge is -2.55. The van der Waals surface area contributed by atoms with E-state index in [9.17, 15) is 18.0 Å². The first-order valence-electron chi connectivity index (χ1n) is 12.8. The molecule has 5 aliphatic rings. The Hall–Kier alpha value is -1.99. The number of benzene rings is 1. The number of carbonyl (C=O) groups is 2. The van der Waals surface area contributed by atoms with Crippen molar-refractivity contribution in [3.63, 3.8) is 0 Å². The molecule has 184 valence electrons. The number of ketones is 1. The maximum atomic E-state index is 13.0. The zero-order valence-electron chi connectivity index (χ0n) is 19.8. The molecule has 0 aromatic heterocycles. The second kappa shape index (κ2) is 9.57.